The number of carbonyl (C=O) groups is 1. The van der Waals surface area contributed by atoms with Gasteiger partial charge in [0.1, 0.15) is 5.75 Å². The maximum absolute atomic E-state index is 11.4. The summed E-state index contributed by atoms with van der Waals surface area (Å²) >= 11 is 0. The second-order valence-electron chi connectivity index (χ2n) is 4.61. The van der Waals surface area contributed by atoms with Crippen molar-refractivity contribution in [1.29, 1.82) is 0 Å². The molecule has 1 amide bonds. The first kappa shape index (κ1) is 11.1. The number of hydrogen-bond donors (Lipinski definition) is 1. The molecule has 18 heavy (non-hydrogen) atoms. The quantitative estimate of drug-likeness (QED) is 0.877. The average Bonchev–Trinajstić information content (AvgIpc) is 2.84. The van der Waals surface area contributed by atoms with Gasteiger partial charge in [0, 0.05) is 24.3 Å². The highest BCUT2D eigenvalue weighted by atomic mass is 16.5. The largest absolute Gasteiger partial charge is 0.496 e. The van der Waals surface area contributed by atoms with Gasteiger partial charge in [0.05, 0.1) is 7.11 Å². The topological polar surface area (TPSA) is 38.3 Å². The number of carbonyl (C=O) groups excluding carboxylic acids is 1. The van der Waals surface area contributed by atoms with E-state index in [0.29, 0.717) is 6.42 Å². The summed E-state index contributed by atoms with van der Waals surface area (Å²) in [6.07, 6.45) is 0.580. The van der Waals surface area contributed by atoms with Gasteiger partial charge in [-0.2, -0.15) is 0 Å². The van der Waals surface area contributed by atoms with E-state index >= 15 is 0 Å². The molecule has 1 saturated heterocycles. The van der Waals surface area contributed by atoms with E-state index in [1.807, 2.05) is 18.2 Å². The molecule has 0 bridgehead atoms. The molecule has 1 fully saturated rings. The monoisotopic (exact) mass is 241 g/mol. The van der Waals surface area contributed by atoms with Crippen molar-refractivity contribution >= 4 is 16.7 Å². The zero-order valence-corrected chi connectivity index (χ0v) is 10.3. The highest BCUT2D eigenvalue weighted by Crippen LogP contribution is 2.34. The molecule has 1 heterocycles. The predicted octanol–water partition coefficient (Wildman–Crippen LogP) is 2.45. The van der Waals surface area contributed by atoms with Crippen LogP contribution in [0, 0.1) is 0 Å². The Morgan fingerprint density at radius 2 is 1.94 bits per heavy atom. The Labute approximate surface area is 106 Å². The van der Waals surface area contributed by atoms with Crippen LogP contribution in [0.4, 0.5) is 0 Å². The van der Waals surface area contributed by atoms with E-state index in [2.05, 4.69) is 23.5 Å². The van der Waals surface area contributed by atoms with Crippen molar-refractivity contribution in [2.75, 3.05) is 13.7 Å². The van der Waals surface area contributed by atoms with Gasteiger partial charge in [-0.25, -0.2) is 0 Å². The van der Waals surface area contributed by atoms with Crippen LogP contribution in [0.1, 0.15) is 17.9 Å². The summed E-state index contributed by atoms with van der Waals surface area (Å²) in [5.74, 6) is 1.29. The van der Waals surface area contributed by atoms with Crippen LogP contribution in [0.5, 0.6) is 5.75 Å². The fraction of sp³-hybridized carbons (Fsp3) is 0.267. The Kier molecular flexibility index (Phi) is 2.67. The minimum Gasteiger partial charge on any atom is -0.496 e. The molecule has 2 aromatic carbocycles. The van der Waals surface area contributed by atoms with Gasteiger partial charge in [-0.15, -0.1) is 0 Å². The van der Waals surface area contributed by atoms with E-state index in [1.54, 1.807) is 7.11 Å². The highest BCUT2D eigenvalue weighted by Gasteiger charge is 2.24. The average molecular weight is 241 g/mol. The number of amides is 1. The molecule has 1 unspecified atom stereocenters. The molecule has 0 radical (unpaired) electrons. The van der Waals surface area contributed by atoms with Crippen molar-refractivity contribution in [3.05, 3.63) is 42.0 Å². The van der Waals surface area contributed by atoms with Crippen LogP contribution in [0.25, 0.3) is 10.8 Å². The Morgan fingerprint density at radius 1 is 1.17 bits per heavy atom. The highest BCUT2D eigenvalue weighted by molar-refractivity contribution is 5.92. The maximum atomic E-state index is 11.4. The van der Waals surface area contributed by atoms with E-state index in [1.165, 1.54) is 10.9 Å². The van der Waals surface area contributed by atoms with Gasteiger partial charge in [0.15, 0.2) is 0 Å². The third-order valence-corrected chi connectivity index (χ3v) is 3.55. The van der Waals surface area contributed by atoms with Gasteiger partial charge in [0.2, 0.25) is 5.91 Å². The molecule has 0 aliphatic carbocycles. The normalized spacial score (nSPS) is 18.9. The number of rotatable bonds is 2. The summed E-state index contributed by atoms with van der Waals surface area (Å²) in [5.41, 5.74) is 1.23. The van der Waals surface area contributed by atoms with Crippen molar-refractivity contribution in [2.24, 2.45) is 0 Å². The lowest BCUT2D eigenvalue weighted by atomic mass is 9.92. The lowest BCUT2D eigenvalue weighted by molar-refractivity contribution is -0.119. The first-order chi connectivity index (χ1) is 8.79. The summed E-state index contributed by atoms with van der Waals surface area (Å²) in [7, 11) is 1.68. The zero-order chi connectivity index (χ0) is 12.5. The van der Waals surface area contributed by atoms with Crippen LogP contribution >= 0.6 is 0 Å². The van der Waals surface area contributed by atoms with Crippen LogP contribution < -0.4 is 10.1 Å². The smallest absolute Gasteiger partial charge is 0.220 e. The standard InChI is InChI=1S/C15H15NO2/c1-18-14-7-6-11(10-8-15(17)16-9-10)12-4-2-3-5-13(12)14/h2-7,10H,8-9H2,1H3,(H,16,17). The minimum absolute atomic E-state index is 0.139. The molecule has 0 saturated carbocycles. The third kappa shape index (κ3) is 1.72. The van der Waals surface area contributed by atoms with E-state index < -0.39 is 0 Å². The van der Waals surface area contributed by atoms with E-state index in [9.17, 15) is 4.79 Å². The van der Waals surface area contributed by atoms with Crippen molar-refractivity contribution in [3.63, 3.8) is 0 Å². The summed E-state index contributed by atoms with van der Waals surface area (Å²) in [6.45, 7) is 0.731. The van der Waals surface area contributed by atoms with Gasteiger partial charge in [-0.3, -0.25) is 4.79 Å². The van der Waals surface area contributed by atoms with Crippen molar-refractivity contribution < 1.29 is 9.53 Å². The van der Waals surface area contributed by atoms with E-state index in [0.717, 1.165) is 17.7 Å². The third-order valence-electron chi connectivity index (χ3n) is 3.55. The van der Waals surface area contributed by atoms with Crippen LogP contribution in [-0.4, -0.2) is 19.6 Å². The number of ether oxygens (including phenoxy) is 1. The molecule has 0 spiro atoms. The minimum atomic E-state index is 0.139. The summed E-state index contributed by atoms with van der Waals surface area (Å²) in [4.78, 5) is 11.4. The van der Waals surface area contributed by atoms with Gasteiger partial charge in [0.25, 0.3) is 0 Å². The lowest BCUT2D eigenvalue weighted by Gasteiger charge is -2.14. The second kappa shape index (κ2) is 4.33. The van der Waals surface area contributed by atoms with Gasteiger partial charge < -0.3 is 10.1 Å². The van der Waals surface area contributed by atoms with Gasteiger partial charge in [-0.05, 0) is 17.0 Å². The summed E-state index contributed by atoms with van der Waals surface area (Å²) < 4.78 is 5.38. The Morgan fingerprint density at radius 3 is 2.61 bits per heavy atom. The van der Waals surface area contributed by atoms with Crippen molar-refractivity contribution in [2.45, 2.75) is 12.3 Å². The molecule has 1 aliphatic heterocycles. The van der Waals surface area contributed by atoms with Crippen LogP contribution in [-0.2, 0) is 4.79 Å². The first-order valence-electron chi connectivity index (χ1n) is 6.12. The number of nitrogens with one attached hydrogen (secondary N) is 1. The molecule has 1 atom stereocenters. The molecule has 1 aliphatic rings. The SMILES string of the molecule is COc1ccc(C2CNC(=O)C2)c2ccccc12. The van der Waals surface area contributed by atoms with Crippen LogP contribution in [0.3, 0.4) is 0 Å². The van der Waals surface area contributed by atoms with Crippen molar-refractivity contribution in [1.82, 2.24) is 5.32 Å². The predicted molar refractivity (Wildman–Crippen MR) is 70.9 cm³/mol. The molecule has 3 rings (SSSR count). The maximum Gasteiger partial charge on any atom is 0.220 e. The molecule has 3 heteroatoms. The van der Waals surface area contributed by atoms with Crippen molar-refractivity contribution in [3.8, 4) is 5.75 Å². The fourth-order valence-electron chi connectivity index (χ4n) is 2.65. The summed E-state index contributed by atoms with van der Waals surface area (Å²) in [6, 6.07) is 12.2. The molecule has 92 valence electrons. The molecule has 2 aromatic rings. The van der Waals surface area contributed by atoms with Crippen LogP contribution in [0.15, 0.2) is 36.4 Å². The lowest BCUT2D eigenvalue weighted by Crippen LogP contribution is -2.13. The fourth-order valence-corrected chi connectivity index (χ4v) is 2.65. The molecular weight excluding hydrogens is 226 g/mol. The Balaban J connectivity index is 2.16. The molecule has 3 nitrogen and oxygen atoms in total. The first-order valence-corrected chi connectivity index (χ1v) is 6.12. The summed E-state index contributed by atoms with van der Waals surface area (Å²) in [5, 5.41) is 5.18. The molecular formula is C15H15NO2. The zero-order valence-electron chi connectivity index (χ0n) is 10.3. The van der Waals surface area contributed by atoms with E-state index in [-0.39, 0.29) is 11.8 Å². The second-order valence-corrected chi connectivity index (χ2v) is 4.61. The number of fused-ring (bicyclic) bond motifs is 1. The van der Waals surface area contributed by atoms with E-state index in [4.69, 9.17) is 4.74 Å². The number of methoxy groups -OCH3 is 1. The van der Waals surface area contributed by atoms with Gasteiger partial charge >= 0.3 is 0 Å². The Bertz CT molecular complexity index is 606. The van der Waals surface area contributed by atoms with Crippen LogP contribution in [0.2, 0.25) is 0 Å². The molecule has 0 aromatic heterocycles. The Hall–Kier alpha value is -2.03. The van der Waals surface area contributed by atoms with Gasteiger partial charge in [-0.1, -0.05) is 30.3 Å². The number of benzene rings is 2. The number of hydrogen-bond acceptors (Lipinski definition) is 2. The molecule has 1 N–H and O–H groups in total.